The molecule has 0 amide bonds. The molecule has 3 nitrogen and oxygen atoms in total. The summed E-state index contributed by atoms with van der Waals surface area (Å²) in [5.41, 5.74) is 5.77. The molecule has 13 heavy (non-hydrogen) atoms. The molecular weight excluding hydrogens is 164 g/mol. The molecule has 1 saturated heterocycles. The van der Waals surface area contributed by atoms with Gasteiger partial charge in [0.2, 0.25) is 0 Å². The quantitative estimate of drug-likeness (QED) is 0.694. The second kappa shape index (κ2) is 4.40. The molecule has 0 aromatic carbocycles. The van der Waals surface area contributed by atoms with Crippen LogP contribution in [-0.2, 0) is 4.74 Å². The summed E-state index contributed by atoms with van der Waals surface area (Å²) in [5, 5.41) is 0. The van der Waals surface area contributed by atoms with Crippen molar-refractivity contribution in [3.05, 3.63) is 0 Å². The standard InChI is InChI=1S/C10H22N2O/c1-9(11)7-12-5-4-6-13-10(2,3)8-12/h9H,4-8,11H2,1-3H3. The van der Waals surface area contributed by atoms with Crippen LogP contribution in [0.2, 0.25) is 0 Å². The first kappa shape index (κ1) is 11.0. The van der Waals surface area contributed by atoms with Crippen LogP contribution in [-0.4, -0.2) is 42.8 Å². The van der Waals surface area contributed by atoms with Crippen LogP contribution in [0.5, 0.6) is 0 Å². The highest BCUT2D eigenvalue weighted by Gasteiger charge is 2.25. The number of hydrogen-bond donors (Lipinski definition) is 1. The summed E-state index contributed by atoms with van der Waals surface area (Å²) in [6.07, 6.45) is 1.12. The third-order valence-electron chi connectivity index (χ3n) is 2.26. The Morgan fingerprint density at radius 2 is 2.23 bits per heavy atom. The highest BCUT2D eigenvalue weighted by Crippen LogP contribution is 2.15. The Kier molecular flexibility index (Phi) is 3.71. The molecule has 1 atom stereocenters. The van der Waals surface area contributed by atoms with E-state index in [0.29, 0.717) is 0 Å². The van der Waals surface area contributed by atoms with Crippen LogP contribution < -0.4 is 5.73 Å². The maximum atomic E-state index is 5.78. The molecule has 3 heteroatoms. The van der Waals surface area contributed by atoms with E-state index in [-0.39, 0.29) is 11.6 Å². The van der Waals surface area contributed by atoms with E-state index in [4.69, 9.17) is 10.5 Å². The van der Waals surface area contributed by atoms with Gasteiger partial charge in [-0.05, 0) is 27.2 Å². The summed E-state index contributed by atoms with van der Waals surface area (Å²) in [4.78, 5) is 2.40. The Morgan fingerprint density at radius 3 is 2.85 bits per heavy atom. The lowest BCUT2D eigenvalue weighted by Gasteiger charge is -2.29. The SMILES string of the molecule is CC(N)CN1CCCOC(C)(C)C1. The normalized spacial score (nSPS) is 26.8. The minimum absolute atomic E-state index is 0.00854. The highest BCUT2D eigenvalue weighted by atomic mass is 16.5. The lowest BCUT2D eigenvalue weighted by molar-refractivity contribution is -0.0175. The monoisotopic (exact) mass is 186 g/mol. The van der Waals surface area contributed by atoms with Crippen molar-refractivity contribution in [2.75, 3.05) is 26.2 Å². The average Bonchev–Trinajstić information content (AvgIpc) is 2.09. The third-order valence-corrected chi connectivity index (χ3v) is 2.26. The first-order valence-corrected chi connectivity index (χ1v) is 5.11. The fourth-order valence-corrected chi connectivity index (χ4v) is 1.86. The van der Waals surface area contributed by atoms with E-state index in [2.05, 4.69) is 25.7 Å². The van der Waals surface area contributed by atoms with E-state index in [1.165, 1.54) is 0 Å². The van der Waals surface area contributed by atoms with Gasteiger partial charge in [0.25, 0.3) is 0 Å². The third kappa shape index (κ3) is 4.07. The van der Waals surface area contributed by atoms with Crippen LogP contribution in [0.1, 0.15) is 27.2 Å². The summed E-state index contributed by atoms with van der Waals surface area (Å²) in [6, 6.07) is 0.258. The summed E-state index contributed by atoms with van der Waals surface area (Å²) in [7, 11) is 0. The van der Waals surface area contributed by atoms with Crippen LogP contribution in [0.3, 0.4) is 0 Å². The highest BCUT2D eigenvalue weighted by molar-refractivity contribution is 4.78. The van der Waals surface area contributed by atoms with E-state index in [9.17, 15) is 0 Å². The number of nitrogens with two attached hydrogens (primary N) is 1. The Labute approximate surface area is 81.2 Å². The van der Waals surface area contributed by atoms with Crippen LogP contribution >= 0.6 is 0 Å². The number of ether oxygens (including phenoxy) is 1. The zero-order chi connectivity index (χ0) is 9.90. The minimum atomic E-state index is -0.00854. The number of nitrogens with zero attached hydrogens (tertiary/aromatic N) is 1. The van der Waals surface area contributed by atoms with E-state index >= 15 is 0 Å². The minimum Gasteiger partial charge on any atom is -0.374 e. The van der Waals surface area contributed by atoms with Crippen LogP contribution in [0, 0.1) is 0 Å². The Balaban J connectivity index is 2.45. The van der Waals surface area contributed by atoms with Crippen molar-refractivity contribution in [1.29, 1.82) is 0 Å². The van der Waals surface area contributed by atoms with E-state index in [1.54, 1.807) is 0 Å². The van der Waals surface area contributed by atoms with Gasteiger partial charge in [0.05, 0.1) is 5.60 Å². The molecule has 0 aromatic rings. The zero-order valence-electron chi connectivity index (χ0n) is 9.05. The summed E-state index contributed by atoms with van der Waals surface area (Å²) < 4.78 is 5.72. The van der Waals surface area contributed by atoms with Crippen LogP contribution in [0.4, 0.5) is 0 Å². The lowest BCUT2D eigenvalue weighted by atomic mass is 10.1. The van der Waals surface area contributed by atoms with Gasteiger partial charge in [-0.25, -0.2) is 0 Å². The number of hydrogen-bond acceptors (Lipinski definition) is 3. The van der Waals surface area contributed by atoms with Gasteiger partial charge < -0.3 is 10.5 Å². The van der Waals surface area contributed by atoms with Gasteiger partial charge in [-0.15, -0.1) is 0 Å². The number of rotatable bonds is 2. The second-order valence-electron chi connectivity index (χ2n) is 4.67. The van der Waals surface area contributed by atoms with Gasteiger partial charge in [0.1, 0.15) is 0 Å². The van der Waals surface area contributed by atoms with E-state index in [0.717, 1.165) is 32.7 Å². The van der Waals surface area contributed by atoms with E-state index < -0.39 is 0 Å². The maximum absolute atomic E-state index is 5.78. The van der Waals surface area contributed by atoms with Gasteiger partial charge in [-0.2, -0.15) is 0 Å². The molecule has 0 spiro atoms. The molecule has 0 aliphatic carbocycles. The first-order valence-electron chi connectivity index (χ1n) is 5.11. The van der Waals surface area contributed by atoms with Crippen molar-refractivity contribution in [2.24, 2.45) is 5.73 Å². The molecule has 1 aliphatic heterocycles. The maximum Gasteiger partial charge on any atom is 0.0752 e. The van der Waals surface area contributed by atoms with Crippen molar-refractivity contribution in [3.8, 4) is 0 Å². The van der Waals surface area contributed by atoms with Crippen LogP contribution in [0.25, 0.3) is 0 Å². The van der Waals surface area contributed by atoms with Gasteiger partial charge in [-0.1, -0.05) is 0 Å². The molecule has 0 saturated carbocycles. The smallest absolute Gasteiger partial charge is 0.0752 e. The molecule has 0 bridgehead atoms. The van der Waals surface area contributed by atoms with E-state index in [1.807, 2.05) is 0 Å². The summed E-state index contributed by atoms with van der Waals surface area (Å²) in [6.45, 7) is 10.3. The molecule has 1 rings (SSSR count). The van der Waals surface area contributed by atoms with Crippen LogP contribution in [0.15, 0.2) is 0 Å². The lowest BCUT2D eigenvalue weighted by Crippen LogP contribution is -2.43. The zero-order valence-corrected chi connectivity index (χ0v) is 9.05. The van der Waals surface area contributed by atoms with Gasteiger partial charge in [-0.3, -0.25) is 4.90 Å². The van der Waals surface area contributed by atoms with Gasteiger partial charge in [0, 0.05) is 32.3 Å². The molecule has 1 aliphatic rings. The topological polar surface area (TPSA) is 38.5 Å². The molecule has 0 radical (unpaired) electrons. The molecular formula is C10H22N2O. The largest absolute Gasteiger partial charge is 0.374 e. The Bertz CT molecular complexity index is 157. The molecule has 1 fully saturated rings. The first-order chi connectivity index (χ1) is 5.99. The fourth-order valence-electron chi connectivity index (χ4n) is 1.86. The van der Waals surface area contributed by atoms with Crippen molar-refractivity contribution in [1.82, 2.24) is 4.90 Å². The van der Waals surface area contributed by atoms with Crippen molar-refractivity contribution in [2.45, 2.75) is 38.8 Å². The summed E-state index contributed by atoms with van der Waals surface area (Å²) in [5.74, 6) is 0. The molecule has 1 unspecified atom stereocenters. The Hall–Kier alpha value is -0.120. The van der Waals surface area contributed by atoms with Crippen molar-refractivity contribution < 1.29 is 4.74 Å². The van der Waals surface area contributed by atoms with Gasteiger partial charge >= 0.3 is 0 Å². The van der Waals surface area contributed by atoms with Crippen molar-refractivity contribution in [3.63, 3.8) is 0 Å². The summed E-state index contributed by atoms with van der Waals surface area (Å²) >= 11 is 0. The molecule has 2 N–H and O–H groups in total. The molecule has 0 aromatic heterocycles. The predicted octanol–water partition coefficient (Wildman–Crippen LogP) is 0.834. The average molecular weight is 186 g/mol. The molecule has 78 valence electrons. The Morgan fingerprint density at radius 1 is 1.54 bits per heavy atom. The fraction of sp³-hybridized carbons (Fsp3) is 1.00. The van der Waals surface area contributed by atoms with Gasteiger partial charge in [0.15, 0.2) is 0 Å². The predicted molar refractivity (Wildman–Crippen MR) is 54.7 cm³/mol. The van der Waals surface area contributed by atoms with Crippen molar-refractivity contribution >= 4 is 0 Å². The second-order valence-corrected chi connectivity index (χ2v) is 4.67. The molecule has 1 heterocycles.